The van der Waals surface area contributed by atoms with E-state index in [-0.39, 0.29) is 18.6 Å². The average Bonchev–Trinajstić information content (AvgIpc) is 2.20. The van der Waals surface area contributed by atoms with E-state index in [4.69, 9.17) is 5.11 Å². The molecule has 0 bridgehead atoms. The molecule has 0 aromatic heterocycles. The Hall–Kier alpha value is -0.160. The number of aliphatic hydroxyl groups excluding tert-OH is 3. The number of hydrogen-bond donors (Lipinski definition) is 4. The first-order chi connectivity index (χ1) is 6.70. The predicted octanol–water partition coefficient (Wildman–Crippen LogP) is -0.521. The number of piperidine rings is 1. The van der Waals surface area contributed by atoms with Gasteiger partial charge in [0.05, 0.1) is 12.2 Å². The van der Waals surface area contributed by atoms with E-state index in [0.29, 0.717) is 6.54 Å². The van der Waals surface area contributed by atoms with Gasteiger partial charge < -0.3 is 20.6 Å². The molecule has 0 spiro atoms. The van der Waals surface area contributed by atoms with Crippen LogP contribution in [0.2, 0.25) is 0 Å². The van der Waals surface area contributed by atoms with Gasteiger partial charge in [0.2, 0.25) is 0 Å². The van der Waals surface area contributed by atoms with Crippen molar-refractivity contribution in [1.82, 2.24) is 5.32 Å². The average molecular weight is 203 g/mol. The molecule has 0 radical (unpaired) electrons. The quantitative estimate of drug-likeness (QED) is 0.496. The van der Waals surface area contributed by atoms with E-state index in [9.17, 15) is 10.2 Å². The fraction of sp³-hybridized carbons (Fsp3) is 1.00. The van der Waals surface area contributed by atoms with Crippen molar-refractivity contribution in [3.63, 3.8) is 0 Å². The highest BCUT2D eigenvalue weighted by atomic mass is 16.3. The van der Waals surface area contributed by atoms with Gasteiger partial charge in [-0.15, -0.1) is 0 Å². The summed E-state index contributed by atoms with van der Waals surface area (Å²) in [5.41, 5.74) is 0. The van der Waals surface area contributed by atoms with E-state index >= 15 is 0 Å². The molecule has 0 aliphatic carbocycles. The van der Waals surface area contributed by atoms with Crippen LogP contribution in [0.4, 0.5) is 0 Å². The molecule has 4 atom stereocenters. The van der Waals surface area contributed by atoms with Gasteiger partial charge in [0, 0.05) is 25.1 Å². The molecule has 0 unspecified atom stereocenters. The highest BCUT2D eigenvalue weighted by molar-refractivity contribution is 4.91. The van der Waals surface area contributed by atoms with Gasteiger partial charge in [-0.25, -0.2) is 0 Å². The number of unbranched alkanes of at least 4 members (excludes halogenated alkanes) is 1. The molecule has 4 nitrogen and oxygen atoms in total. The van der Waals surface area contributed by atoms with Crippen molar-refractivity contribution in [2.24, 2.45) is 5.92 Å². The van der Waals surface area contributed by atoms with Crippen LogP contribution in [0.5, 0.6) is 0 Å². The van der Waals surface area contributed by atoms with E-state index in [2.05, 4.69) is 12.2 Å². The summed E-state index contributed by atoms with van der Waals surface area (Å²) in [6.45, 7) is 2.47. The van der Waals surface area contributed by atoms with Crippen LogP contribution >= 0.6 is 0 Å². The second-order valence-corrected chi connectivity index (χ2v) is 4.06. The Morgan fingerprint density at radius 1 is 1.36 bits per heavy atom. The summed E-state index contributed by atoms with van der Waals surface area (Å²) in [7, 11) is 0. The van der Waals surface area contributed by atoms with Gasteiger partial charge in [-0.3, -0.25) is 0 Å². The van der Waals surface area contributed by atoms with Crippen LogP contribution in [0.25, 0.3) is 0 Å². The van der Waals surface area contributed by atoms with Gasteiger partial charge in [-0.05, 0) is 6.42 Å². The minimum absolute atomic E-state index is 0.0698. The van der Waals surface area contributed by atoms with Crippen molar-refractivity contribution in [3.8, 4) is 0 Å². The third kappa shape index (κ3) is 2.67. The Labute approximate surface area is 85.0 Å². The number of aliphatic hydroxyl groups is 3. The molecule has 1 fully saturated rings. The van der Waals surface area contributed by atoms with Gasteiger partial charge in [0.1, 0.15) is 0 Å². The van der Waals surface area contributed by atoms with Crippen LogP contribution in [-0.2, 0) is 0 Å². The normalized spacial score (nSPS) is 38.6. The maximum absolute atomic E-state index is 9.66. The van der Waals surface area contributed by atoms with Gasteiger partial charge in [-0.1, -0.05) is 19.8 Å². The Kier molecular flexibility index (Phi) is 4.81. The van der Waals surface area contributed by atoms with Crippen LogP contribution < -0.4 is 5.32 Å². The number of hydrogen-bond acceptors (Lipinski definition) is 4. The molecule has 0 aromatic rings. The largest absolute Gasteiger partial charge is 0.396 e. The highest BCUT2D eigenvalue weighted by Gasteiger charge is 2.36. The molecule has 4 N–H and O–H groups in total. The molecular weight excluding hydrogens is 182 g/mol. The van der Waals surface area contributed by atoms with Crippen molar-refractivity contribution >= 4 is 0 Å². The third-order valence-electron chi connectivity index (χ3n) is 3.02. The summed E-state index contributed by atoms with van der Waals surface area (Å²) in [5.74, 6) is -0.231. The van der Waals surface area contributed by atoms with E-state index in [1.54, 1.807) is 0 Å². The van der Waals surface area contributed by atoms with Crippen LogP contribution in [-0.4, -0.2) is 46.7 Å². The first kappa shape index (κ1) is 11.9. The Morgan fingerprint density at radius 2 is 2.07 bits per heavy atom. The molecule has 0 saturated carbocycles. The van der Waals surface area contributed by atoms with Gasteiger partial charge >= 0.3 is 0 Å². The zero-order valence-corrected chi connectivity index (χ0v) is 8.69. The Bertz CT molecular complexity index is 163. The smallest absolute Gasteiger partial charge is 0.0927 e. The summed E-state index contributed by atoms with van der Waals surface area (Å²) >= 11 is 0. The fourth-order valence-corrected chi connectivity index (χ4v) is 2.04. The Morgan fingerprint density at radius 3 is 2.64 bits per heavy atom. The van der Waals surface area contributed by atoms with E-state index in [1.165, 1.54) is 0 Å². The number of β-amino-alcohol motifs (C(OH)–C–C–N with tert-alkyl or cyclic N) is 1. The molecule has 0 aromatic carbocycles. The highest BCUT2D eigenvalue weighted by Crippen LogP contribution is 2.21. The SMILES string of the molecule is CCCC[C@H]1NC[C@@H](O)[C@@H](O)[C@H]1CO. The number of rotatable bonds is 4. The summed E-state index contributed by atoms with van der Waals surface area (Å²) in [5, 5.41) is 31.4. The van der Waals surface area contributed by atoms with Gasteiger partial charge in [0.15, 0.2) is 0 Å². The van der Waals surface area contributed by atoms with E-state index in [0.717, 1.165) is 19.3 Å². The second kappa shape index (κ2) is 5.66. The monoisotopic (exact) mass is 203 g/mol. The molecule has 1 aliphatic rings. The first-order valence-corrected chi connectivity index (χ1v) is 5.41. The topological polar surface area (TPSA) is 72.7 Å². The van der Waals surface area contributed by atoms with Crippen molar-refractivity contribution < 1.29 is 15.3 Å². The fourth-order valence-electron chi connectivity index (χ4n) is 2.04. The van der Waals surface area contributed by atoms with Crippen molar-refractivity contribution in [2.45, 2.75) is 44.4 Å². The summed E-state index contributed by atoms with van der Waals surface area (Å²) in [6, 6.07) is 0.137. The maximum atomic E-state index is 9.66. The lowest BCUT2D eigenvalue weighted by Gasteiger charge is -2.38. The van der Waals surface area contributed by atoms with Crippen LogP contribution in [0.15, 0.2) is 0 Å². The van der Waals surface area contributed by atoms with Crippen molar-refractivity contribution in [1.29, 1.82) is 0 Å². The van der Waals surface area contributed by atoms with Crippen LogP contribution in [0.1, 0.15) is 26.2 Å². The molecule has 1 heterocycles. The zero-order valence-electron chi connectivity index (χ0n) is 8.69. The molecule has 0 amide bonds. The molecule has 1 rings (SSSR count). The zero-order chi connectivity index (χ0) is 10.6. The Balaban J connectivity index is 2.48. The van der Waals surface area contributed by atoms with Crippen molar-refractivity contribution in [3.05, 3.63) is 0 Å². The van der Waals surface area contributed by atoms with E-state index < -0.39 is 12.2 Å². The lowest BCUT2D eigenvalue weighted by Crippen LogP contribution is -2.57. The lowest BCUT2D eigenvalue weighted by molar-refractivity contribution is -0.0679. The second-order valence-electron chi connectivity index (χ2n) is 4.06. The van der Waals surface area contributed by atoms with Crippen molar-refractivity contribution in [2.75, 3.05) is 13.2 Å². The predicted molar refractivity (Wildman–Crippen MR) is 53.9 cm³/mol. The molecule has 1 aliphatic heterocycles. The first-order valence-electron chi connectivity index (χ1n) is 5.41. The standard InChI is InChI=1S/C10H21NO3/c1-2-3-4-8-7(6-12)10(14)9(13)5-11-8/h7-14H,2-6H2,1H3/t7-,8+,9+,10-/m0/s1. The third-order valence-corrected chi connectivity index (χ3v) is 3.02. The van der Waals surface area contributed by atoms with Crippen LogP contribution in [0.3, 0.4) is 0 Å². The number of nitrogens with one attached hydrogen (secondary N) is 1. The van der Waals surface area contributed by atoms with E-state index in [1.807, 2.05) is 0 Å². The minimum atomic E-state index is -0.789. The van der Waals surface area contributed by atoms with Gasteiger partial charge in [-0.2, -0.15) is 0 Å². The maximum Gasteiger partial charge on any atom is 0.0927 e. The molecule has 1 saturated heterocycles. The van der Waals surface area contributed by atoms with Gasteiger partial charge in [0.25, 0.3) is 0 Å². The molecule has 4 heteroatoms. The minimum Gasteiger partial charge on any atom is -0.396 e. The molecule has 84 valence electrons. The molecular formula is C10H21NO3. The summed E-state index contributed by atoms with van der Waals surface area (Å²) in [4.78, 5) is 0. The van der Waals surface area contributed by atoms with Crippen LogP contribution in [0, 0.1) is 5.92 Å². The lowest BCUT2D eigenvalue weighted by atomic mass is 9.84. The molecule has 14 heavy (non-hydrogen) atoms. The summed E-state index contributed by atoms with van der Waals surface area (Å²) < 4.78 is 0. The summed E-state index contributed by atoms with van der Waals surface area (Å²) in [6.07, 6.45) is 1.60.